The Morgan fingerprint density at radius 3 is 2.52 bits per heavy atom. The number of ketones is 1. The van der Waals surface area contributed by atoms with Crippen LogP contribution in [-0.2, 0) is 0 Å². The second-order valence-electron chi connectivity index (χ2n) is 6.21. The van der Waals surface area contributed by atoms with Gasteiger partial charge in [0.1, 0.15) is 0 Å². The molecule has 4 nitrogen and oxygen atoms in total. The van der Waals surface area contributed by atoms with Crippen LogP contribution in [0.5, 0.6) is 11.5 Å². The van der Waals surface area contributed by atoms with Crippen LogP contribution in [0.4, 0.5) is 0 Å². The molecule has 0 saturated carbocycles. The number of likely N-dealkylation sites (tertiary alicyclic amines) is 1. The van der Waals surface area contributed by atoms with E-state index in [-0.39, 0.29) is 17.3 Å². The highest BCUT2D eigenvalue weighted by molar-refractivity contribution is 5.98. The molecule has 2 N–H and O–H groups in total. The van der Waals surface area contributed by atoms with Crippen LogP contribution >= 0.6 is 0 Å². The first-order chi connectivity index (χ1) is 9.97. The number of hydrogen-bond donors (Lipinski definition) is 2. The van der Waals surface area contributed by atoms with Crippen molar-refractivity contribution in [1.82, 2.24) is 4.90 Å². The maximum atomic E-state index is 12.2. The van der Waals surface area contributed by atoms with E-state index >= 15 is 0 Å². The molecule has 1 aliphatic heterocycles. The standard InChI is InChI=1S/C17H25NO3/c1-12-5-8-18(9-6-12)7-3-4-15(19)14-11-17(21)16(20)10-13(14)2/h10-12,20-21H,3-9H2,1-2H3. The van der Waals surface area contributed by atoms with Gasteiger partial charge in [-0.3, -0.25) is 4.79 Å². The minimum absolute atomic E-state index is 0.0353. The molecule has 0 bridgehead atoms. The summed E-state index contributed by atoms with van der Waals surface area (Å²) in [7, 11) is 0. The molecule has 0 aromatic heterocycles. The second-order valence-corrected chi connectivity index (χ2v) is 6.21. The topological polar surface area (TPSA) is 60.8 Å². The SMILES string of the molecule is Cc1cc(O)c(O)cc1C(=O)CCCN1CCC(C)CC1. The van der Waals surface area contributed by atoms with E-state index in [9.17, 15) is 15.0 Å². The van der Waals surface area contributed by atoms with Crippen molar-refractivity contribution in [2.75, 3.05) is 19.6 Å². The van der Waals surface area contributed by atoms with Crippen LogP contribution in [-0.4, -0.2) is 40.5 Å². The molecule has 0 amide bonds. The number of hydrogen-bond acceptors (Lipinski definition) is 4. The minimum atomic E-state index is -0.228. The number of benzene rings is 1. The van der Waals surface area contributed by atoms with E-state index < -0.39 is 0 Å². The molecule has 1 aromatic rings. The van der Waals surface area contributed by atoms with Gasteiger partial charge in [0.25, 0.3) is 0 Å². The molecule has 1 fully saturated rings. The normalized spacial score (nSPS) is 17.0. The van der Waals surface area contributed by atoms with Gasteiger partial charge in [-0.05, 0) is 69.4 Å². The monoisotopic (exact) mass is 291 g/mol. The molecule has 1 aliphatic rings. The van der Waals surface area contributed by atoms with Gasteiger partial charge in [0, 0.05) is 12.0 Å². The van der Waals surface area contributed by atoms with Gasteiger partial charge in [0.15, 0.2) is 17.3 Å². The predicted molar refractivity (Wildman–Crippen MR) is 82.9 cm³/mol. The predicted octanol–water partition coefficient (Wildman–Crippen LogP) is 3.10. The number of phenolic OH excluding ortho intramolecular Hbond substituents is 2. The van der Waals surface area contributed by atoms with Crippen molar-refractivity contribution in [1.29, 1.82) is 0 Å². The third-order valence-corrected chi connectivity index (χ3v) is 4.38. The summed E-state index contributed by atoms with van der Waals surface area (Å²) in [5.41, 5.74) is 1.22. The number of aromatic hydroxyl groups is 2. The lowest BCUT2D eigenvalue weighted by molar-refractivity contribution is 0.0970. The molecule has 0 spiro atoms. The molecule has 1 saturated heterocycles. The molecule has 116 valence electrons. The Hall–Kier alpha value is -1.55. The number of Topliss-reactive ketones (excluding diaryl/α,β-unsaturated/α-hetero) is 1. The Kier molecular flexibility index (Phi) is 5.23. The number of carbonyl (C=O) groups is 1. The molecule has 0 atom stereocenters. The first-order valence-electron chi connectivity index (χ1n) is 7.75. The van der Waals surface area contributed by atoms with Gasteiger partial charge in [-0.1, -0.05) is 6.92 Å². The van der Waals surface area contributed by atoms with Gasteiger partial charge in [0.05, 0.1) is 0 Å². The van der Waals surface area contributed by atoms with Gasteiger partial charge in [-0.25, -0.2) is 0 Å². The van der Waals surface area contributed by atoms with Crippen LogP contribution in [0.2, 0.25) is 0 Å². The lowest BCUT2D eigenvalue weighted by Crippen LogP contribution is -2.33. The average Bonchev–Trinajstić information content (AvgIpc) is 2.45. The molecule has 2 rings (SSSR count). The number of piperidine rings is 1. The van der Waals surface area contributed by atoms with Crippen LogP contribution in [0.15, 0.2) is 12.1 Å². The van der Waals surface area contributed by atoms with Gasteiger partial charge in [-0.2, -0.15) is 0 Å². The van der Waals surface area contributed by atoms with E-state index in [1.807, 2.05) is 0 Å². The van der Waals surface area contributed by atoms with Crippen LogP contribution in [0.1, 0.15) is 48.5 Å². The zero-order valence-electron chi connectivity index (χ0n) is 12.9. The van der Waals surface area contributed by atoms with Crippen molar-refractivity contribution in [2.24, 2.45) is 5.92 Å². The maximum Gasteiger partial charge on any atom is 0.163 e. The van der Waals surface area contributed by atoms with Gasteiger partial charge < -0.3 is 15.1 Å². The van der Waals surface area contributed by atoms with Crippen molar-refractivity contribution >= 4 is 5.78 Å². The fourth-order valence-electron chi connectivity index (χ4n) is 2.87. The highest BCUT2D eigenvalue weighted by atomic mass is 16.3. The van der Waals surface area contributed by atoms with E-state index in [0.717, 1.165) is 32.0 Å². The van der Waals surface area contributed by atoms with E-state index in [2.05, 4.69) is 11.8 Å². The highest BCUT2D eigenvalue weighted by Crippen LogP contribution is 2.28. The van der Waals surface area contributed by atoms with E-state index in [1.165, 1.54) is 25.0 Å². The van der Waals surface area contributed by atoms with Crippen LogP contribution in [0.25, 0.3) is 0 Å². The van der Waals surface area contributed by atoms with E-state index in [1.54, 1.807) is 6.92 Å². The largest absolute Gasteiger partial charge is 0.504 e. The first-order valence-corrected chi connectivity index (χ1v) is 7.75. The summed E-state index contributed by atoms with van der Waals surface area (Å²) in [5, 5.41) is 18.9. The van der Waals surface area contributed by atoms with Gasteiger partial charge in [0.2, 0.25) is 0 Å². The molecule has 21 heavy (non-hydrogen) atoms. The number of nitrogens with zero attached hydrogens (tertiary/aromatic N) is 1. The Morgan fingerprint density at radius 1 is 1.24 bits per heavy atom. The van der Waals surface area contributed by atoms with Crippen LogP contribution in [0, 0.1) is 12.8 Å². The lowest BCUT2D eigenvalue weighted by Gasteiger charge is -2.30. The smallest absolute Gasteiger partial charge is 0.163 e. The lowest BCUT2D eigenvalue weighted by atomic mass is 9.98. The maximum absolute atomic E-state index is 12.2. The van der Waals surface area contributed by atoms with Gasteiger partial charge >= 0.3 is 0 Å². The number of carbonyl (C=O) groups excluding carboxylic acids is 1. The van der Waals surface area contributed by atoms with Crippen molar-refractivity contribution in [3.8, 4) is 11.5 Å². The summed E-state index contributed by atoms with van der Waals surface area (Å²) in [5.74, 6) is 0.458. The van der Waals surface area contributed by atoms with Crippen molar-refractivity contribution in [3.63, 3.8) is 0 Å². The fraction of sp³-hybridized carbons (Fsp3) is 0.588. The van der Waals surface area contributed by atoms with Crippen molar-refractivity contribution in [3.05, 3.63) is 23.3 Å². The third kappa shape index (κ3) is 4.21. The quantitative estimate of drug-likeness (QED) is 0.646. The van der Waals surface area contributed by atoms with Crippen LogP contribution in [0.3, 0.4) is 0 Å². The zero-order chi connectivity index (χ0) is 15.4. The Morgan fingerprint density at radius 2 is 1.86 bits per heavy atom. The summed E-state index contributed by atoms with van der Waals surface area (Å²) >= 11 is 0. The van der Waals surface area contributed by atoms with Crippen LogP contribution < -0.4 is 0 Å². The van der Waals surface area contributed by atoms with E-state index in [0.29, 0.717) is 17.5 Å². The van der Waals surface area contributed by atoms with Gasteiger partial charge in [-0.15, -0.1) is 0 Å². The molecule has 1 aromatic carbocycles. The minimum Gasteiger partial charge on any atom is -0.504 e. The third-order valence-electron chi connectivity index (χ3n) is 4.38. The van der Waals surface area contributed by atoms with Crippen molar-refractivity contribution < 1.29 is 15.0 Å². The average molecular weight is 291 g/mol. The number of phenols is 2. The summed E-state index contributed by atoms with van der Waals surface area (Å²) in [6.45, 7) is 7.30. The molecular weight excluding hydrogens is 266 g/mol. The number of aryl methyl sites for hydroxylation is 1. The molecule has 4 heteroatoms. The summed E-state index contributed by atoms with van der Waals surface area (Å²) in [6, 6.07) is 2.81. The summed E-state index contributed by atoms with van der Waals surface area (Å²) in [4.78, 5) is 14.6. The molecule has 1 heterocycles. The summed E-state index contributed by atoms with van der Waals surface area (Å²) in [6.07, 6.45) is 3.82. The summed E-state index contributed by atoms with van der Waals surface area (Å²) < 4.78 is 0. The second kappa shape index (κ2) is 6.94. The molecule has 0 radical (unpaired) electrons. The molecule has 0 unspecified atom stereocenters. The van der Waals surface area contributed by atoms with E-state index in [4.69, 9.17) is 0 Å². The van der Waals surface area contributed by atoms with Crippen molar-refractivity contribution in [2.45, 2.75) is 39.5 Å². The zero-order valence-corrected chi connectivity index (χ0v) is 12.9. The molecular formula is C17H25NO3. The highest BCUT2D eigenvalue weighted by Gasteiger charge is 2.16. The Bertz CT molecular complexity index is 505. The Labute approximate surface area is 126 Å². The first kappa shape index (κ1) is 15.8. The number of rotatable bonds is 5. The fourth-order valence-corrected chi connectivity index (χ4v) is 2.87. The Balaban J connectivity index is 1.83. The molecule has 0 aliphatic carbocycles.